The second kappa shape index (κ2) is 6.75. The summed E-state index contributed by atoms with van der Waals surface area (Å²) in [4.78, 5) is 6.29. The van der Waals surface area contributed by atoms with Gasteiger partial charge in [0.05, 0.1) is 6.21 Å². The van der Waals surface area contributed by atoms with E-state index in [2.05, 4.69) is 16.2 Å². The predicted molar refractivity (Wildman–Crippen MR) is 96.7 cm³/mol. The molecule has 0 bridgehead atoms. The summed E-state index contributed by atoms with van der Waals surface area (Å²) in [6.45, 7) is 5.96. The Balaban J connectivity index is 2.21. The Morgan fingerprint density at radius 1 is 1.17 bits per heavy atom. The number of rotatable bonds is 4. The van der Waals surface area contributed by atoms with Gasteiger partial charge in [0, 0.05) is 32.2 Å². The number of oxazole rings is 1. The highest BCUT2D eigenvalue weighted by atomic mass is 16.4. The van der Waals surface area contributed by atoms with E-state index in [0.29, 0.717) is 11.8 Å². The third-order valence-corrected chi connectivity index (χ3v) is 3.44. The van der Waals surface area contributed by atoms with Crippen molar-refractivity contribution in [3.63, 3.8) is 0 Å². The molecule has 0 radical (unpaired) electrons. The smallest absolute Gasteiger partial charge is 0.254 e. The van der Waals surface area contributed by atoms with Gasteiger partial charge in [0.2, 0.25) is 11.6 Å². The molecule has 0 atom stereocenters. The fraction of sp³-hybridized carbons (Fsp3) is 0.389. The molecule has 1 aromatic heterocycles. The van der Waals surface area contributed by atoms with Gasteiger partial charge in [0.1, 0.15) is 6.07 Å². The maximum absolute atomic E-state index is 9.26. The highest BCUT2D eigenvalue weighted by molar-refractivity contribution is 5.81. The third kappa shape index (κ3) is 3.93. The van der Waals surface area contributed by atoms with Gasteiger partial charge in [-0.05, 0) is 17.7 Å². The van der Waals surface area contributed by atoms with E-state index < -0.39 is 0 Å². The highest BCUT2D eigenvalue weighted by Gasteiger charge is 2.25. The number of nitriles is 1. The second-order valence-electron chi connectivity index (χ2n) is 6.79. The van der Waals surface area contributed by atoms with Crippen LogP contribution in [0.1, 0.15) is 37.9 Å². The Labute approximate surface area is 143 Å². The van der Waals surface area contributed by atoms with Crippen LogP contribution in [-0.2, 0) is 5.41 Å². The number of nitrogens with zero attached hydrogens (tertiary/aromatic N) is 5. The molecule has 0 unspecified atom stereocenters. The molecule has 24 heavy (non-hydrogen) atoms. The normalized spacial score (nSPS) is 11.5. The SMILES string of the molecule is CN(C)c1ccc(C=NN(C)c2oc(C(C)(C)C)nc2C#N)cc1. The lowest BCUT2D eigenvalue weighted by atomic mass is 9.97. The molecule has 126 valence electrons. The van der Waals surface area contributed by atoms with Gasteiger partial charge in [0.25, 0.3) is 5.88 Å². The molecule has 0 aliphatic carbocycles. The lowest BCUT2D eigenvalue weighted by molar-refractivity contribution is 0.394. The zero-order valence-corrected chi connectivity index (χ0v) is 15.0. The summed E-state index contributed by atoms with van der Waals surface area (Å²) in [5, 5.41) is 15.1. The molecule has 0 N–H and O–H groups in total. The summed E-state index contributed by atoms with van der Waals surface area (Å²) >= 11 is 0. The minimum atomic E-state index is -0.267. The Hall–Kier alpha value is -2.81. The van der Waals surface area contributed by atoms with Crippen LogP contribution >= 0.6 is 0 Å². The molecular weight excluding hydrogens is 302 g/mol. The number of hydrogen-bond donors (Lipinski definition) is 0. The standard InChI is InChI=1S/C18H23N5O/c1-18(2,3)17-21-15(11-19)16(24-17)23(6)20-12-13-7-9-14(10-8-13)22(4)5/h7-10,12H,1-6H3. The Morgan fingerprint density at radius 3 is 2.29 bits per heavy atom. The monoisotopic (exact) mass is 325 g/mol. The predicted octanol–water partition coefficient (Wildman–Crippen LogP) is 3.38. The molecule has 2 aromatic rings. The fourth-order valence-corrected chi connectivity index (χ4v) is 1.99. The number of hydrazone groups is 1. The third-order valence-electron chi connectivity index (χ3n) is 3.44. The second-order valence-corrected chi connectivity index (χ2v) is 6.79. The van der Waals surface area contributed by atoms with Gasteiger partial charge < -0.3 is 9.32 Å². The van der Waals surface area contributed by atoms with Crippen LogP contribution in [0.2, 0.25) is 0 Å². The van der Waals surface area contributed by atoms with Crippen LogP contribution in [0, 0.1) is 11.3 Å². The van der Waals surface area contributed by atoms with Crippen LogP contribution in [0.15, 0.2) is 33.8 Å². The van der Waals surface area contributed by atoms with Crippen molar-refractivity contribution in [1.82, 2.24) is 4.98 Å². The van der Waals surface area contributed by atoms with Crippen LogP contribution in [0.25, 0.3) is 0 Å². The average molecular weight is 325 g/mol. The number of hydrogen-bond acceptors (Lipinski definition) is 6. The first kappa shape index (κ1) is 17.5. The van der Waals surface area contributed by atoms with Crippen molar-refractivity contribution < 1.29 is 4.42 Å². The van der Waals surface area contributed by atoms with Crippen LogP contribution in [0.3, 0.4) is 0 Å². The fourth-order valence-electron chi connectivity index (χ4n) is 1.99. The molecule has 0 amide bonds. The van der Waals surface area contributed by atoms with Crippen molar-refractivity contribution in [2.24, 2.45) is 5.10 Å². The van der Waals surface area contributed by atoms with Crippen LogP contribution < -0.4 is 9.91 Å². The molecule has 0 fully saturated rings. The van der Waals surface area contributed by atoms with E-state index in [1.807, 2.05) is 64.0 Å². The first-order chi connectivity index (χ1) is 11.2. The van der Waals surface area contributed by atoms with Gasteiger partial charge in [-0.2, -0.15) is 15.3 Å². The van der Waals surface area contributed by atoms with Gasteiger partial charge in [0.15, 0.2) is 0 Å². The quantitative estimate of drug-likeness (QED) is 0.637. The topological polar surface area (TPSA) is 68.7 Å². The Kier molecular flexibility index (Phi) is 4.93. The molecule has 2 rings (SSSR count). The van der Waals surface area contributed by atoms with Crippen molar-refractivity contribution in [3.8, 4) is 6.07 Å². The van der Waals surface area contributed by atoms with Gasteiger partial charge in [-0.1, -0.05) is 32.9 Å². The molecular formula is C18H23N5O. The molecule has 0 aliphatic rings. The Bertz CT molecular complexity index is 760. The van der Waals surface area contributed by atoms with E-state index in [-0.39, 0.29) is 11.1 Å². The van der Waals surface area contributed by atoms with Gasteiger partial charge in [-0.15, -0.1) is 0 Å². The molecule has 1 heterocycles. The van der Waals surface area contributed by atoms with E-state index >= 15 is 0 Å². The summed E-state index contributed by atoms with van der Waals surface area (Å²) in [5.74, 6) is 0.870. The molecule has 0 saturated carbocycles. The summed E-state index contributed by atoms with van der Waals surface area (Å²) in [5.41, 5.74) is 2.05. The van der Waals surface area contributed by atoms with Crippen molar-refractivity contribution >= 4 is 17.8 Å². The van der Waals surface area contributed by atoms with Crippen LogP contribution in [-0.4, -0.2) is 32.3 Å². The van der Waals surface area contributed by atoms with E-state index in [0.717, 1.165) is 11.3 Å². The summed E-state index contributed by atoms with van der Waals surface area (Å²) < 4.78 is 5.74. The number of aromatic nitrogens is 1. The molecule has 0 saturated heterocycles. The zero-order valence-electron chi connectivity index (χ0n) is 15.0. The largest absolute Gasteiger partial charge is 0.421 e. The Morgan fingerprint density at radius 2 is 1.79 bits per heavy atom. The summed E-state index contributed by atoms with van der Waals surface area (Å²) in [7, 11) is 5.73. The van der Waals surface area contributed by atoms with Crippen molar-refractivity contribution in [2.75, 3.05) is 31.1 Å². The molecule has 0 spiro atoms. The first-order valence-electron chi connectivity index (χ1n) is 7.69. The van der Waals surface area contributed by atoms with Crippen molar-refractivity contribution in [3.05, 3.63) is 41.4 Å². The van der Waals surface area contributed by atoms with Gasteiger partial charge in [-0.25, -0.2) is 5.01 Å². The highest BCUT2D eigenvalue weighted by Crippen LogP contribution is 2.28. The van der Waals surface area contributed by atoms with E-state index in [4.69, 9.17) is 4.42 Å². The van der Waals surface area contributed by atoms with Gasteiger partial charge >= 0.3 is 0 Å². The van der Waals surface area contributed by atoms with E-state index in [9.17, 15) is 5.26 Å². The number of benzene rings is 1. The lowest BCUT2D eigenvalue weighted by Crippen LogP contribution is -2.11. The maximum atomic E-state index is 9.26. The maximum Gasteiger partial charge on any atom is 0.254 e. The zero-order chi connectivity index (χ0) is 17.9. The van der Waals surface area contributed by atoms with Gasteiger partial charge in [-0.3, -0.25) is 0 Å². The summed E-state index contributed by atoms with van der Waals surface area (Å²) in [6.07, 6.45) is 1.72. The minimum Gasteiger partial charge on any atom is -0.421 e. The average Bonchev–Trinajstić information content (AvgIpc) is 2.97. The minimum absolute atomic E-state index is 0.238. The lowest BCUT2D eigenvalue weighted by Gasteiger charge is -2.13. The molecule has 0 aliphatic heterocycles. The van der Waals surface area contributed by atoms with Crippen LogP contribution in [0.4, 0.5) is 11.6 Å². The van der Waals surface area contributed by atoms with Crippen molar-refractivity contribution in [1.29, 1.82) is 5.26 Å². The number of anilines is 2. The van der Waals surface area contributed by atoms with Crippen molar-refractivity contribution in [2.45, 2.75) is 26.2 Å². The summed E-state index contributed by atoms with van der Waals surface area (Å²) in [6, 6.07) is 10.1. The van der Waals surface area contributed by atoms with Crippen LogP contribution in [0.5, 0.6) is 0 Å². The molecule has 6 heteroatoms. The molecule has 1 aromatic carbocycles. The molecule has 6 nitrogen and oxygen atoms in total. The first-order valence-corrected chi connectivity index (χ1v) is 7.69. The van der Waals surface area contributed by atoms with E-state index in [1.165, 1.54) is 5.01 Å². The van der Waals surface area contributed by atoms with E-state index in [1.54, 1.807) is 13.3 Å².